The van der Waals surface area contributed by atoms with Crippen LogP contribution in [0.3, 0.4) is 0 Å². The SMILES string of the molecule is O=S(=O)(c1ccccc1Cl)N1CCOC1. The van der Waals surface area contributed by atoms with Crippen LogP contribution in [0.15, 0.2) is 29.2 Å². The van der Waals surface area contributed by atoms with Crippen molar-refractivity contribution in [2.45, 2.75) is 4.90 Å². The molecule has 0 N–H and O–H groups in total. The van der Waals surface area contributed by atoms with Gasteiger partial charge in [0.2, 0.25) is 10.0 Å². The molecule has 0 bridgehead atoms. The minimum absolute atomic E-state index is 0.105. The fourth-order valence-corrected chi connectivity index (χ4v) is 3.18. The van der Waals surface area contributed by atoms with Crippen molar-refractivity contribution in [2.75, 3.05) is 19.9 Å². The summed E-state index contributed by atoms with van der Waals surface area (Å²) in [6.07, 6.45) is 0. The summed E-state index contributed by atoms with van der Waals surface area (Å²) in [4.78, 5) is 0.136. The number of sulfonamides is 1. The summed E-state index contributed by atoms with van der Waals surface area (Å²) < 4.78 is 30.3. The molecular formula is C9H10ClNO3S. The fraction of sp³-hybridized carbons (Fsp3) is 0.333. The fourth-order valence-electron chi connectivity index (χ4n) is 1.38. The topological polar surface area (TPSA) is 46.6 Å². The standard InChI is InChI=1S/C9H10ClNO3S/c10-8-3-1-2-4-9(8)15(12,13)11-5-6-14-7-11/h1-4H,5-7H2. The normalized spacial score (nSPS) is 18.2. The first-order valence-electron chi connectivity index (χ1n) is 4.45. The third-order valence-corrected chi connectivity index (χ3v) is 4.50. The summed E-state index contributed by atoms with van der Waals surface area (Å²) in [5.41, 5.74) is 0. The lowest BCUT2D eigenvalue weighted by atomic mass is 10.4. The van der Waals surface area contributed by atoms with Crippen LogP contribution >= 0.6 is 11.6 Å². The summed E-state index contributed by atoms with van der Waals surface area (Å²) >= 11 is 5.84. The van der Waals surface area contributed by atoms with Crippen LogP contribution in [0.4, 0.5) is 0 Å². The maximum Gasteiger partial charge on any atom is 0.246 e. The molecular weight excluding hydrogens is 238 g/mol. The predicted octanol–water partition coefficient (Wildman–Crippen LogP) is 1.32. The summed E-state index contributed by atoms with van der Waals surface area (Å²) in [6.45, 7) is 0.921. The van der Waals surface area contributed by atoms with Crippen molar-refractivity contribution in [3.63, 3.8) is 0 Å². The molecule has 1 aromatic rings. The third kappa shape index (κ3) is 2.01. The number of hydrogen-bond acceptors (Lipinski definition) is 3. The van der Waals surface area contributed by atoms with Crippen LogP contribution in [-0.2, 0) is 14.8 Å². The molecule has 1 aliphatic heterocycles. The first-order chi connectivity index (χ1) is 7.12. The van der Waals surface area contributed by atoms with Crippen molar-refractivity contribution in [3.8, 4) is 0 Å². The van der Waals surface area contributed by atoms with Gasteiger partial charge in [0, 0.05) is 6.54 Å². The van der Waals surface area contributed by atoms with Crippen LogP contribution in [0.25, 0.3) is 0 Å². The Hall–Kier alpha value is -0.620. The molecule has 6 heteroatoms. The maximum atomic E-state index is 12.0. The van der Waals surface area contributed by atoms with Crippen LogP contribution in [0, 0.1) is 0 Å². The zero-order valence-electron chi connectivity index (χ0n) is 7.89. The second-order valence-corrected chi connectivity index (χ2v) is 5.46. The first-order valence-corrected chi connectivity index (χ1v) is 6.26. The van der Waals surface area contributed by atoms with E-state index >= 15 is 0 Å². The van der Waals surface area contributed by atoms with E-state index in [-0.39, 0.29) is 16.6 Å². The van der Waals surface area contributed by atoms with Crippen LogP contribution < -0.4 is 0 Å². The average Bonchev–Trinajstić information content (AvgIpc) is 2.71. The van der Waals surface area contributed by atoms with Crippen molar-refractivity contribution < 1.29 is 13.2 Å². The van der Waals surface area contributed by atoms with Crippen LogP contribution in [0.5, 0.6) is 0 Å². The van der Waals surface area contributed by atoms with E-state index in [1.165, 1.54) is 10.4 Å². The Bertz CT molecular complexity index is 454. The Morgan fingerprint density at radius 1 is 1.33 bits per heavy atom. The molecule has 0 radical (unpaired) electrons. The van der Waals surface area contributed by atoms with Crippen molar-refractivity contribution >= 4 is 21.6 Å². The van der Waals surface area contributed by atoms with Gasteiger partial charge >= 0.3 is 0 Å². The highest BCUT2D eigenvalue weighted by Gasteiger charge is 2.29. The Kier molecular flexibility index (Phi) is 2.97. The minimum atomic E-state index is -3.49. The van der Waals surface area contributed by atoms with Crippen LogP contribution in [-0.4, -0.2) is 32.6 Å². The third-order valence-electron chi connectivity index (χ3n) is 2.17. The summed E-state index contributed by atoms with van der Waals surface area (Å²) in [5, 5.41) is 0.240. The highest BCUT2D eigenvalue weighted by molar-refractivity contribution is 7.89. The zero-order chi connectivity index (χ0) is 10.9. The number of ether oxygens (including phenoxy) is 1. The van der Waals surface area contributed by atoms with Gasteiger partial charge in [0.25, 0.3) is 0 Å². The Balaban J connectivity index is 2.41. The van der Waals surface area contributed by atoms with Gasteiger partial charge in [0.05, 0.1) is 11.6 Å². The Morgan fingerprint density at radius 2 is 2.07 bits per heavy atom. The van der Waals surface area contributed by atoms with Crippen molar-refractivity contribution in [2.24, 2.45) is 0 Å². The van der Waals surface area contributed by atoms with Crippen molar-refractivity contribution in [1.82, 2.24) is 4.31 Å². The van der Waals surface area contributed by atoms with E-state index in [0.29, 0.717) is 13.2 Å². The molecule has 0 aromatic heterocycles. The van der Waals surface area contributed by atoms with E-state index in [1.54, 1.807) is 18.2 Å². The quantitative estimate of drug-likeness (QED) is 0.792. The van der Waals surface area contributed by atoms with E-state index in [1.807, 2.05) is 0 Å². The molecule has 1 saturated heterocycles. The van der Waals surface area contributed by atoms with Gasteiger partial charge in [-0.15, -0.1) is 0 Å². The van der Waals surface area contributed by atoms with E-state index in [0.717, 1.165) is 0 Å². The number of benzene rings is 1. The van der Waals surface area contributed by atoms with Gasteiger partial charge in [-0.25, -0.2) is 8.42 Å². The highest BCUT2D eigenvalue weighted by Crippen LogP contribution is 2.24. The molecule has 1 aromatic carbocycles. The lowest BCUT2D eigenvalue weighted by Crippen LogP contribution is -2.28. The van der Waals surface area contributed by atoms with Gasteiger partial charge in [-0.2, -0.15) is 4.31 Å². The van der Waals surface area contributed by atoms with E-state index in [4.69, 9.17) is 16.3 Å². The molecule has 1 heterocycles. The number of rotatable bonds is 2. The second-order valence-electron chi connectivity index (χ2n) is 3.15. The summed E-state index contributed by atoms with van der Waals surface area (Å²) in [5.74, 6) is 0. The molecule has 0 unspecified atom stereocenters. The lowest BCUT2D eigenvalue weighted by molar-refractivity contribution is 0.172. The molecule has 0 amide bonds. The molecule has 82 valence electrons. The van der Waals surface area contributed by atoms with Crippen molar-refractivity contribution in [3.05, 3.63) is 29.3 Å². The van der Waals surface area contributed by atoms with Gasteiger partial charge in [0.15, 0.2) is 0 Å². The average molecular weight is 248 g/mol. The molecule has 1 aliphatic rings. The summed E-state index contributed by atoms with van der Waals surface area (Å²) in [7, 11) is -3.49. The monoisotopic (exact) mass is 247 g/mol. The molecule has 0 spiro atoms. The van der Waals surface area contributed by atoms with Crippen LogP contribution in [0.2, 0.25) is 5.02 Å². The number of halogens is 1. The largest absolute Gasteiger partial charge is 0.364 e. The Morgan fingerprint density at radius 3 is 2.67 bits per heavy atom. The van der Waals surface area contributed by atoms with Gasteiger partial charge in [-0.1, -0.05) is 23.7 Å². The van der Waals surface area contributed by atoms with Gasteiger partial charge < -0.3 is 4.74 Å². The lowest BCUT2D eigenvalue weighted by Gasteiger charge is -2.14. The van der Waals surface area contributed by atoms with Gasteiger partial charge in [-0.3, -0.25) is 0 Å². The van der Waals surface area contributed by atoms with Gasteiger partial charge in [-0.05, 0) is 12.1 Å². The second kappa shape index (κ2) is 4.09. The van der Waals surface area contributed by atoms with E-state index < -0.39 is 10.0 Å². The maximum absolute atomic E-state index is 12.0. The van der Waals surface area contributed by atoms with E-state index in [2.05, 4.69) is 0 Å². The molecule has 1 fully saturated rings. The molecule has 0 atom stereocenters. The molecule has 2 rings (SSSR count). The van der Waals surface area contributed by atoms with E-state index in [9.17, 15) is 8.42 Å². The Labute approximate surface area is 93.5 Å². The molecule has 0 aliphatic carbocycles. The molecule has 4 nitrogen and oxygen atoms in total. The predicted molar refractivity (Wildman–Crippen MR) is 56.2 cm³/mol. The van der Waals surface area contributed by atoms with Crippen molar-refractivity contribution in [1.29, 1.82) is 0 Å². The highest BCUT2D eigenvalue weighted by atomic mass is 35.5. The molecule has 0 saturated carbocycles. The number of nitrogens with zero attached hydrogens (tertiary/aromatic N) is 1. The molecule has 15 heavy (non-hydrogen) atoms. The smallest absolute Gasteiger partial charge is 0.246 e. The van der Waals surface area contributed by atoms with Crippen LogP contribution in [0.1, 0.15) is 0 Å². The zero-order valence-corrected chi connectivity index (χ0v) is 9.46. The minimum Gasteiger partial charge on any atom is -0.364 e. The van der Waals surface area contributed by atoms with Gasteiger partial charge in [0.1, 0.15) is 11.6 Å². The summed E-state index contributed by atoms with van der Waals surface area (Å²) in [6, 6.07) is 6.40. The number of hydrogen-bond donors (Lipinski definition) is 0. The first kappa shape index (κ1) is 10.9.